The molecule has 0 aromatic carbocycles. The maximum atomic E-state index is 2.38. The number of hydrogen-bond acceptors (Lipinski definition) is 0. The van der Waals surface area contributed by atoms with Gasteiger partial charge >= 0.3 is 0 Å². The Balaban J connectivity index is 1.91. The van der Waals surface area contributed by atoms with Crippen molar-refractivity contribution in [2.45, 2.75) is 52.4 Å². The third kappa shape index (κ3) is 1.53. The van der Waals surface area contributed by atoms with Gasteiger partial charge in [0.15, 0.2) is 0 Å². The van der Waals surface area contributed by atoms with Crippen LogP contribution >= 0.6 is 0 Å². The highest BCUT2D eigenvalue weighted by atomic mass is 14.4. The molecule has 2 aliphatic rings. The van der Waals surface area contributed by atoms with E-state index in [1.807, 2.05) is 0 Å². The lowest BCUT2D eigenvalue weighted by Crippen LogP contribution is -2.11. The first-order valence-corrected chi connectivity index (χ1v) is 5.77. The Morgan fingerprint density at radius 1 is 1.08 bits per heavy atom. The van der Waals surface area contributed by atoms with Gasteiger partial charge in [-0.05, 0) is 49.4 Å². The molecule has 2 aliphatic carbocycles. The fourth-order valence-corrected chi connectivity index (χ4v) is 3.58. The van der Waals surface area contributed by atoms with Gasteiger partial charge in [-0.15, -0.1) is 0 Å². The molecular formula is C12H22. The monoisotopic (exact) mass is 166 g/mol. The van der Waals surface area contributed by atoms with E-state index >= 15 is 0 Å². The van der Waals surface area contributed by atoms with Crippen molar-refractivity contribution >= 4 is 0 Å². The number of hydrogen-bond donors (Lipinski definition) is 0. The summed E-state index contributed by atoms with van der Waals surface area (Å²) in [5.74, 6) is 4.33. The van der Waals surface area contributed by atoms with Gasteiger partial charge in [0.25, 0.3) is 0 Å². The van der Waals surface area contributed by atoms with E-state index in [9.17, 15) is 0 Å². The number of rotatable bonds is 2. The zero-order valence-electron chi connectivity index (χ0n) is 8.55. The normalized spacial score (nSPS) is 40.8. The molecule has 3 atom stereocenters. The molecule has 70 valence electrons. The van der Waals surface area contributed by atoms with Crippen molar-refractivity contribution in [2.24, 2.45) is 23.7 Å². The predicted molar refractivity (Wildman–Crippen MR) is 53.0 cm³/mol. The molecule has 0 aromatic rings. The second-order valence-electron chi connectivity index (χ2n) is 5.32. The van der Waals surface area contributed by atoms with Crippen LogP contribution < -0.4 is 0 Å². The SMILES string of the molecule is CC(C)C[C@@H]1CC[C@@H]2CCC[C@@H]21. The van der Waals surface area contributed by atoms with Crippen LogP contribution in [0.1, 0.15) is 52.4 Å². The predicted octanol–water partition coefficient (Wildman–Crippen LogP) is 3.86. The van der Waals surface area contributed by atoms with Gasteiger partial charge in [-0.25, -0.2) is 0 Å². The van der Waals surface area contributed by atoms with Crippen LogP contribution in [0.25, 0.3) is 0 Å². The summed E-state index contributed by atoms with van der Waals surface area (Å²) in [6, 6.07) is 0. The van der Waals surface area contributed by atoms with Crippen LogP contribution in [0.3, 0.4) is 0 Å². The molecule has 2 rings (SSSR count). The summed E-state index contributed by atoms with van der Waals surface area (Å²) in [6.45, 7) is 4.75. The van der Waals surface area contributed by atoms with Crippen molar-refractivity contribution in [2.75, 3.05) is 0 Å². The lowest BCUT2D eigenvalue weighted by molar-refractivity contribution is 0.302. The Labute approximate surface area is 76.7 Å². The summed E-state index contributed by atoms with van der Waals surface area (Å²) >= 11 is 0. The zero-order valence-corrected chi connectivity index (χ0v) is 8.55. The van der Waals surface area contributed by atoms with E-state index in [0.29, 0.717) is 0 Å². The second-order valence-corrected chi connectivity index (χ2v) is 5.32. The van der Waals surface area contributed by atoms with Crippen LogP contribution in [-0.4, -0.2) is 0 Å². The first-order chi connectivity index (χ1) is 5.77. The zero-order chi connectivity index (χ0) is 8.55. The molecule has 2 fully saturated rings. The van der Waals surface area contributed by atoms with E-state index in [1.165, 1.54) is 12.8 Å². The van der Waals surface area contributed by atoms with E-state index in [-0.39, 0.29) is 0 Å². The van der Waals surface area contributed by atoms with E-state index in [0.717, 1.165) is 23.7 Å². The Morgan fingerprint density at radius 2 is 1.92 bits per heavy atom. The van der Waals surface area contributed by atoms with Crippen molar-refractivity contribution in [3.8, 4) is 0 Å². The minimum atomic E-state index is 0.925. The van der Waals surface area contributed by atoms with Crippen LogP contribution in [-0.2, 0) is 0 Å². The molecule has 0 saturated heterocycles. The molecule has 0 nitrogen and oxygen atoms in total. The Kier molecular flexibility index (Phi) is 2.43. The van der Waals surface area contributed by atoms with Crippen molar-refractivity contribution in [1.82, 2.24) is 0 Å². The fraction of sp³-hybridized carbons (Fsp3) is 1.00. The molecular weight excluding hydrogens is 144 g/mol. The topological polar surface area (TPSA) is 0 Å². The minimum Gasteiger partial charge on any atom is -0.0628 e. The molecule has 0 radical (unpaired) electrons. The Morgan fingerprint density at radius 3 is 2.67 bits per heavy atom. The maximum Gasteiger partial charge on any atom is -0.0357 e. The van der Waals surface area contributed by atoms with Gasteiger partial charge in [-0.2, -0.15) is 0 Å². The van der Waals surface area contributed by atoms with Gasteiger partial charge in [0.1, 0.15) is 0 Å². The van der Waals surface area contributed by atoms with E-state index < -0.39 is 0 Å². The van der Waals surface area contributed by atoms with Crippen molar-refractivity contribution < 1.29 is 0 Å². The van der Waals surface area contributed by atoms with Gasteiger partial charge in [-0.1, -0.05) is 26.7 Å². The smallest absolute Gasteiger partial charge is 0.0357 e. The van der Waals surface area contributed by atoms with Gasteiger partial charge < -0.3 is 0 Å². The first kappa shape index (κ1) is 8.59. The van der Waals surface area contributed by atoms with E-state index in [4.69, 9.17) is 0 Å². The molecule has 0 N–H and O–H groups in total. The van der Waals surface area contributed by atoms with E-state index in [1.54, 1.807) is 25.7 Å². The lowest BCUT2D eigenvalue weighted by Gasteiger charge is -2.20. The molecule has 0 spiro atoms. The van der Waals surface area contributed by atoms with Crippen molar-refractivity contribution in [3.63, 3.8) is 0 Å². The summed E-state index contributed by atoms with van der Waals surface area (Å²) in [4.78, 5) is 0. The van der Waals surface area contributed by atoms with Crippen molar-refractivity contribution in [3.05, 3.63) is 0 Å². The Hall–Kier alpha value is 0. The maximum absolute atomic E-state index is 2.38. The molecule has 0 heteroatoms. The lowest BCUT2D eigenvalue weighted by atomic mass is 9.86. The molecule has 0 amide bonds. The van der Waals surface area contributed by atoms with Crippen LogP contribution in [0.4, 0.5) is 0 Å². The first-order valence-electron chi connectivity index (χ1n) is 5.77. The molecule has 0 heterocycles. The summed E-state index contributed by atoms with van der Waals surface area (Å²) in [6.07, 6.45) is 9.25. The molecule has 2 saturated carbocycles. The van der Waals surface area contributed by atoms with Crippen LogP contribution in [0.5, 0.6) is 0 Å². The average molecular weight is 166 g/mol. The van der Waals surface area contributed by atoms with Crippen LogP contribution in [0.2, 0.25) is 0 Å². The summed E-state index contributed by atoms with van der Waals surface area (Å²) < 4.78 is 0. The summed E-state index contributed by atoms with van der Waals surface area (Å²) in [5.41, 5.74) is 0. The highest BCUT2D eigenvalue weighted by molar-refractivity contribution is 4.89. The van der Waals surface area contributed by atoms with Gasteiger partial charge in [0.05, 0.1) is 0 Å². The average Bonchev–Trinajstić information content (AvgIpc) is 2.52. The van der Waals surface area contributed by atoms with Gasteiger partial charge in [0.2, 0.25) is 0 Å². The largest absolute Gasteiger partial charge is 0.0628 e. The third-order valence-corrected chi connectivity index (χ3v) is 4.01. The molecule has 0 aromatic heterocycles. The summed E-state index contributed by atoms with van der Waals surface area (Å²) in [7, 11) is 0. The molecule has 12 heavy (non-hydrogen) atoms. The molecule has 0 aliphatic heterocycles. The number of fused-ring (bicyclic) bond motifs is 1. The van der Waals surface area contributed by atoms with Gasteiger partial charge in [0, 0.05) is 0 Å². The molecule has 0 unspecified atom stereocenters. The summed E-state index contributed by atoms with van der Waals surface area (Å²) in [5, 5.41) is 0. The van der Waals surface area contributed by atoms with E-state index in [2.05, 4.69) is 13.8 Å². The van der Waals surface area contributed by atoms with Gasteiger partial charge in [-0.3, -0.25) is 0 Å². The Bertz CT molecular complexity index is 148. The third-order valence-electron chi connectivity index (χ3n) is 4.01. The quantitative estimate of drug-likeness (QED) is 0.584. The standard InChI is InChI=1S/C12H22/c1-9(2)8-11-7-6-10-4-3-5-12(10)11/h9-12H,3-8H2,1-2H3/t10-,11-,12-/m0/s1. The highest BCUT2D eigenvalue weighted by Crippen LogP contribution is 2.49. The van der Waals surface area contributed by atoms with Crippen LogP contribution in [0, 0.1) is 23.7 Å². The molecule has 0 bridgehead atoms. The highest BCUT2D eigenvalue weighted by Gasteiger charge is 2.38. The fourth-order valence-electron chi connectivity index (χ4n) is 3.58. The minimum absolute atomic E-state index is 0.925. The van der Waals surface area contributed by atoms with Crippen molar-refractivity contribution in [1.29, 1.82) is 0 Å². The second kappa shape index (κ2) is 3.40. The van der Waals surface area contributed by atoms with Crippen LogP contribution in [0.15, 0.2) is 0 Å².